The van der Waals surface area contributed by atoms with Crippen molar-refractivity contribution in [1.29, 1.82) is 0 Å². The predicted octanol–water partition coefficient (Wildman–Crippen LogP) is 3.12. The number of amides is 3. The van der Waals surface area contributed by atoms with E-state index in [1.807, 2.05) is 54.6 Å². The number of hydrogen-bond donors (Lipinski definition) is 2. The van der Waals surface area contributed by atoms with Crippen LogP contribution in [0.3, 0.4) is 0 Å². The standard InChI is InChI=1S/C17H15N3O3S/c1-18-16(22)20-15(21)14(11-7-3-2-4-8-11)24-17-19-12-9-5-6-10-13(12)23-17/h2-10,14H,1H3,(H2,18,20,21,22)/t14-/m0/s1. The van der Waals surface area contributed by atoms with Gasteiger partial charge in [0.15, 0.2) is 5.58 Å². The first-order valence-electron chi connectivity index (χ1n) is 7.27. The van der Waals surface area contributed by atoms with Crippen molar-refractivity contribution in [2.75, 3.05) is 7.05 Å². The first-order valence-corrected chi connectivity index (χ1v) is 8.15. The van der Waals surface area contributed by atoms with E-state index in [9.17, 15) is 9.59 Å². The van der Waals surface area contributed by atoms with Crippen LogP contribution >= 0.6 is 11.8 Å². The number of benzene rings is 2. The Balaban J connectivity index is 1.89. The Morgan fingerprint density at radius 2 is 1.79 bits per heavy atom. The van der Waals surface area contributed by atoms with E-state index in [-0.39, 0.29) is 0 Å². The quantitative estimate of drug-likeness (QED) is 0.712. The van der Waals surface area contributed by atoms with Crippen LogP contribution in [0.2, 0.25) is 0 Å². The Morgan fingerprint density at radius 3 is 2.50 bits per heavy atom. The molecule has 3 aromatic rings. The number of para-hydroxylation sites is 2. The highest BCUT2D eigenvalue weighted by Crippen LogP contribution is 2.36. The SMILES string of the molecule is CNC(=O)NC(=O)[C@@H](Sc1nc2ccccc2o1)c1ccccc1. The second-order valence-corrected chi connectivity index (χ2v) is 5.98. The summed E-state index contributed by atoms with van der Waals surface area (Å²) in [5.41, 5.74) is 2.13. The molecule has 0 aliphatic carbocycles. The van der Waals surface area contributed by atoms with Gasteiger partial charge >= 0.3 is 6.03 Å². The molecule has 1 heterocycles. The van der Waals surface area contributed by atoms with Gasteiger partial charge in [-0.25, -0.2) is 9.78 Å². The summed E-state index contributed by atoms with van der Waals surface area (Å²) in [4.78, 5) is 28.3. The third-order valence-electron chi connectivity index (χ3n) is 3.30. The van der Waals surface area contributed by atoms with Crippen molar-refractivity contribution in [3.05, 3.63) is 60.2 Å². The monoisotopic (exact) mass is 341 g/mol. The highest BCUT2D eigenvalue weighted by atomic mass is 32.2. The lowest BCUT2D eigenvalue weighted by molar-refractivity contribution is -0.119. The van der Waals surface area contributed by atoms with E-state index >= 15 is 0 Å². The summed E-state index contributed by atoms with van der Waals surface area (Å²) in [5.74, 6) is -0.437. The number of rotatable bonds is 4. The Hall–Kier alpha value is -2.80. The van der Waals surface area contributed by atoms with Crippen LogP contribution in [0.4, 0.5) is 4.79 Å². The van der Waals surface area contributed by atoms with Gasteiger partial charge in [0, 0.05) is 7.05 Å². The number of urea groups is 1. The molecule has 2 N–H and O–H groups in total. The number of carbonyl (C=O) groups excluding carboxylic acids is 2. The molecule has 3 amide bonds. The molecule has 1 aromatic heterocycles. The maximum absolute atomic E-state index is 12.5. The smallest absolute Gasteiger partial charge is 0.321 e. The maximum Gasteiger partial charge on any atom is 0.321 e. The number of nitrogens with one attached hydrogen (secondary N) is 2. The van der Waals surface area contributed by atoms with Crippen LogP contribution in [0, 0.1) is 0 Å². The molecule has 122 valence electrons. The third-order valence-corrected chi connectivity index (χ3v) is 4.40. The lowest BCUT2D eigenvalue weighted by Crippen LogP contribution is -2.39. The molecule has 0 fully saturated rings. The van der Waals surface area contributed by atoms with E-state index in [1.54, 1.807) is 0 Å². The van der Waals surface area contributed by atoms with Crippen molar-refractivity contribution in [2.24, 2.45) is 0 Å². The fourth-order valence-electron chi connectivity index (χ4n) is 2.14. The van der Waals surface area contributed by atoms with E-state index in [0.717, 1.165) is 22.8 Å². The molecule has 0 unspecified atom stereocenters. The van der Waals surface area contributed by atoms with Crippen LogP contribution in [0.25, 0.3) is 11.1 Å². The van der Waals surface area contributed by atoms with E-state index in [1.165, 1.54) is 7.05 Å². The summed E-state index contributed by atoms with van der Waals surface area (Å²) in [6, 6.07) is 16.0. The number of thioether (sulfide) groups is 1. The zero-order valence-electron chi connectivity index (χ0n) is 12.9. The van der Waals surface area contributed by atoms with Crippen LogP contribution in [-0.4, -0.2) is 24.0 Å². The first kappa shape index (κ1) is 16.1. The summed E-state index contributed by atoms with van der Waals surface area (Å²) in [6.07, 6.45) is 0. The van der Waals surface area contributed by atoms with Gasteiger partial charge in [-0.1, -0.05) is 42.5 Å². The van der Waals surface area contributed by atoms with E-state index in [2.05, 4.69) is 15.6 Å². The van der Waals surface area contributed by atoms with Crippen molar-refractivity contribution < 1.29 is 14.0 Å². The van der Waals surface area contributed by atoms with Crippen LogP contribution in [0.1, 0.15) is 10.8 Å². The van der Waals surface area contributed by atoms with Crippen LogP contribution in [0.15, 0.2) is 64.2 Å². The molecule has 0 saturated heterocycles. The normalized spacial score (nSPS) is 11.9. The van der Waals surface area contributed by atoms with Crippen LogP contribution in [-0.2, 0) is 4.79 Å². The molecule has 6 nitrogen and oxygen atoms in total. The number of aromatic nitrogens is 1. The number of nitrogens with zero attached hydrogens (tertiary/aromatic N) is 1. The van der Waals surface area contributed by atoms with Crippen molar-refractivity contribution in [1.82, 2.24) is 15.6 Å². The predicted molar refractivity (Wildman–Crippen MR) is 91.6 cm³/mol. The summed E-state index contributed by atoms with van der Waals surface area (Å²) < 4.78 is 5.67. The molecule has 2 aromatic carbocycles. The lowest BCUT2D eigenvalue weighted by Gasteiger charge is -2.14. The number of carbonyl (C=O) groups is 2. The van der Waals surface area contributed by atoms with Gasteiger partial charge in [-0.2, -0.15) is 0 Å². The highest BCUT2D eigenvalue weighted by molar-refractivity contribution is 8.00. The molecule has 1 atom stereocenters. The molecule has 0 saturated carbocycles. The second kappa shape index (κ2) is 7.18. The summed E-state index contributed by atoms with van der Waals surface area (Å²) in [7, 11) is 1.45. The highest BCUT2D eigenvalue weighted by Gasteiger charge is 2.25. The fourth-order valence-corrected chi connectivity index (χ4v) is 3.09. The number of imide groups is 1. The summed E-state index contributed by atoms with van der Waals surface area (Å²) in [6.45, 7) is 0. The Kier molecular flexibility index (Phi) is 4.81. The van der Waals surface area contributed by atoms with Gasteiger partial charge in [-0.3, -0.25) is 10.1 Å². The van der Waals surface area contributed by atoms with Crippen LogP contribution < -0.4 is 10.6 Å². The van der Waals surface area contributed by atoms with Gasteiger partial charge in [0.2, 0.25) is 5.91 Å². The van der Waals surface area contributed by atoms with E-state index in [0.29, 0.717) is 10.8 Å². The number of fused-ring (bicyclic) bond motifs is 1. The molecule has 0 aliphatic heterocycles. The van der Waals surface area contributed by atoms with Crippen molar-refractivity contribution >= 4 is 34.8 Å². The van der Waals surface area contributed by atoms with Crippen LogP contribution in [0.5, 0.6) is 0 Å². The lowest BCUT2D eigenvalue weighted by atomic mass is 10.1. The van der Waals surface area contributed by atoms with Gasteiger partial charge in [0.1, 0.15) is 10.8 Å². The maximum atomic E-state index is 12.5. The Bertz CT molecular complexity index is 831. The van der Waals surface area contributed by atoms with Gasteiger partial charge in [0.25, 0.3) is 5.22 Å². The fraction of sp³-hybridized carbons (Fsp3) is 0.118. The minimum absolute atomic E-state index is 0.372. The molecular formula is C17H15N3O3S. The number of oxazole rings is 1. The Morgan fingerprint density at radius 1 is 1.08 bits per heavy atom. The van der Waals surface area contributed by atoms with Crippen molar-refractivity contribution in [3.63, 3.8) is 0 Å². The van der Waals surface area contributed by atoms with E-state index in [4.69, 9.17) is 4.42 Å². The first-order chi connectivity index (χ1) is 11.7. The van der Waals surface area contributed by atoms with Gasteiger partial charge < -0.3 is 9.73 Å². The molecular weight excluding hydrogens is 326 g/mol. The molecule has 7 heteroatoms. The molecule has 0 spiro atoms. The minimum atomic E-state index is -0.656. The average Bonchev–Trinajstić information content (AvgIpc) is 3.02. The Labute approximate surface area is 142 Å². The molecule has 0 aliphatic rings. The topological polar surface area (TPSA) is 84.2 Å². The van der Waals surface area contributed by atoms with Gasteiger partial charge in [0.05, 0.1) is 0 Å². The van der Waals surface area contributed by atoms with E-state index < -0.39 is 17.2 Å². The zero-order chi connectivity index (χ0) is 16.9. The largest absolute Gasteiger partial charge is 0.431 e. The molecule has 0 radical (unpaired) electrons. The van der Waals surface area contributed by atoms with Gasteiger partial charge in [-0.15, -0.1) is 0 Å². The third kappa shape index (κ3) is 3.57. The van der Waals surface area contributed by atoms with Crippen molar-refractivity contribution in [3.8, 4) is 0 Å². The summed E-state index contributed by atoms with van der Waals surface area (Å²) in [5, 5.41) is 4.39. The summed E-state index contributed by atoms with van der Waals surface area (Å²) >= 11 is 1.16. The minimum Gasteiger partial charge on any atom is -0.431 e. The van der Waals surface area contributed by atoms with Crippen molar-refractivity contribution in [2.45, 2.75) is 10.5 Å². The second-order valence-electron chi connectivity index (χ2n) is 4.92. The molecule has 24 heavy (non-hydrogen) atoms. The molecule has 3 rings (SSSR count). The van der Waals surface area contributed by atoms with Gasteiger partial charge in [-0.05, 0) is 29.5 Å². The molecule has 0 bridgehead atoms. The zero-order valence-corrected chi connectivity index (χ0v) is 13.7. The number of hydrogen-bond acceptors (Lipinski definition) is 5. The average molecular weight is 341 g/mol.